The quantitative estimate of drug-likeness (QED) is 0.559. The maximum Gasteiger partial charge on any atom is 0.266 e. The summed E-state index contributed by atoms with van der Waals surface area (Å²) in [5.41, 5.74) is 2.81. The predicted octanol–water partition coefficient (Wildman–Crippen LogP) is 4.73. The molecule has 2 heterocycles. The molecule has 3 aromatic rings. The van der Waals surface area contributed by atoms with Gasteiger partial charge in [0.15, 0.2) is 5.17 Å². The van der Waals surface area contributed by atoms with Gasteiger partial charge in [-0.15, -0.1) is 0 Å². The third-order valence-corrected chi connectivity index (χ3v) is 5.49. The Bertz CT molecular complexity index is 1040. The molecule has 6 heteroatoms. The molecular formula is C23H21N3O2S. The molecule has 1 aliphatic heterocycles. The van der Waals surface area contributed by atoms with E-state index in [0.717, 1.165) is 17.1 Å². The number of aliphatic imine (C=N–C) groups is 1. The topological polar surface area (TPSA) is 46.8 Å². The minimum absolute atomic E-state index is 0.0532. The number of carbonyl (C=O) groups excluding carboxylic acids is 1. The van der Waals surface area contributed by atoms with Gasteiger partial charge in [-0.1, -0.05) is 36.4 Å². The second-order valence-corrected chi connectivity index (χ2v) is 7.44. The Morgan fingerprint density at radius 1 is 1.00 bits per heavy atom. The Kier molecular flexibility index (Phi) is 5.93. The van der Waals surface area contributed by atoms with Crippen molar-refractivity contribution in [2.75, 3.05) is 20.3 Å². The first kappa shape index (κ1) is 19.2. The van der Waals surface area contributed by atoms with Gasteiger partial charge in [-0.25, -0.2) is 4.99 Å². The van der Waals surface area contributed by atoms with E-state index >= 15 is 0 Å². The van der Waals surface area contributed by atoms with Gasteiger partial charge >= 0.3 is 0 Å². The molecule has 1 fully saturated rings. The van der Waals surface area contributed by atoms with Crippen molar-refractivity contribution in [3.63, 3.8) is 0 Å². The number of amides is 1. The molecule has 1 aliphatic rings. The van der Waals surface area contributed by atoms with Crippen molar-refractivity contribution in [2.45, 2.75) is 0 Å². The Labute approximate surface area is 174 Å². The van der Waals surface area contributed by atoms with Crippen LogP contribution in [0.3, 0.4) is 0 Å². The highest BCUT2D eigenvalue weighted by molar-refractivity contribution is 8.18. The maximum absolute atomic E-state index is 13.1. The Morgan fingerprint density at radius 2 is 1.72 bits per heavy atom. The van der Waals surface area contributed by atoms with E-state index in [-0.39, 0.29) is 5.91 Å². The molecule has 0 atom stereocenters. The first-order valence-electron chi connectivity index (χ1n) is 9.33. The van der Waals surface area contributed by atoms with E-state index in [1.807, 2.05) is 85.1 Å². The number of nitrogens with zero attached hydrogens (tertiary/aromatic N) is 3. The zero-order valence-corrected chi connectivity index (χ0v) is 16.9. The van der Waals surface area contributed by atoms with Crippen molar-refractivity contribution in [1.29, 1.82) is 0 Å². The van der Waals surface area contributed by atoms with Gasteiger partial charge in [0, 0.05) is 24.7 Å². The highest BCUT2D eigenvalue weighted by Gasteiger charge is 2.33. The average molecular weight is 404 g/mol. The van der Waals surface area contributed by atoms with E-state index < -0.39 is 0 Å². The minimum Gasteiger partial charge on any atom is -0.383 e. The molecule has 1 aromatic heterocycles. The van der Waals surface area contributed by atoms with Crippen molar-refractivity contribution < 1.29 is 9.53 Å². The smallest absolute Gasteiger partial charge is 0.266 e. The van der Waals surface area contributed by atoms with Gasteiger partial charge in [-0.3, -0.25) is 9.69 Å². The van der Waals surface area contributed by atoms with E-state index in [1.165, 1.54) is 11.8 Å². The van der Waals surface area contributed by atoms with Gasteiger partial charge in [-0.2, -0.15) is 0 Å². The second-order valence-electron chi connectivity index (χ2n) is 6.43. The lowest BCUT2D eigenvalue weighted by Gasteiger charge is -2.14. The SMILES string of the molecule is COCCN1C(=O)/C(=C/c2cccn2-c2ccccc2)SC1=Nc1ccccc1. The van der Waals surface area contributed by atoms with Crippen molar-refractivity contribution in [3.05, 3.63) is 89.6 Å². The second kappa shape index (κ2) is 8.94. The number of thioether (sulfide) groups is 1. The van der Waals surface area contributed by atoms with Crippen LogP contribution in [-0.2, 0) is 9.53 Å². The molecule has 4 rings (SSSR count). The van der Waals surface area contributed by atoms with Crippen LogP contribution in [0.1, 0.15) is 5.69 Å². The zero-order chi connectivity index (χ0) is 20.1. The summed E-state index contributed by atoms with van der Waals surface area (Å²) in [5, 5.41) is 0.669. The molecule has 0 spiro atoms. The van der Waals surface area contributed by atoms with Crippen LogP contribution in [0.15, 0.2) is 88.9 Å². The molecule has 0 N–H and O–H groups in total. The van der Waals surface area contributed by atoms with E-state index in [0.29, 0.717) is 23.2 Å². The monoisotopic (exact) mass is 403 g/mol. The number of benzene rings is 2. The summed E-state index contributed by atoms with van der Waals surface area (Å²) in [6.07, 6.45) is 3.92. The van der Waals surface area contributed by atoms with Crippen LogP contribution >= 0.6 is 11.8 Å². The van der Waals surface area contributed by atoms with E-state index in [9.17, 15) is 4.79 Å². The van der Waals surface area contributed by atoms with Crippen LogP contribution in [0.2, 0.25) is 0 Å². The Hall–Kier alpha value is -3.09. The lowest BCUT2D eigenvalue weighted by Crippen LogP contribution is -2.32. The van der Waals surface area contributed by atoms with Gasteiger partial charge in [0.25, 0.3) is 5.91 Å². The fourth-order valence-corrected chi connectivity index (χ4v) is 4.06. The van der Waals surface area contributed by atoms with Crippen LogP contribution < -0.4 is 0 Å². The Morgan fingerprint density at radius 3 is 2.45 bits per heavy atom. The van der Waals surface area contributed by atoms with E-state index in [1.54, 1.807) is 12.0 Å². The number of carbonyl (C=O) groups is 1. The van der Waals surface area contributed by atoms with Crippen LogP contribution in [0.25, 0.3) is 11.8 Å². The highest BCUT2D eigenvalue weighted by Crippen LogP contribution is 2.34. The number of ether oxygens (including phenoxy) is 1. The molecule has 2 aromatic carbocycles. The zero-order valence-electron chi connectivity index (χ0n) is 16.1. The van der Waals surface area contributed by atoms with E-state index in [4.69, 9.17) is 4.74 Å². The molecule has 146 valence electrons. The minimum atomic E-state index is -0.0532. The molecule has 29 heavy (non-hydrogen) atoms. The lowest BCUT2D eigenvalue weighted by molar-refractivity contribution is -0.122. The predicted molar refractivity (Wildman–Crippen MR) is 118 cm³/mol. The number of amidine groups is 1. The van der Waals surface area contributed by atoms with Crippen LogP contribution in [-0.4, -0.2) is 40.8 Å². The highest BCUT2D eigenvalue weighted by atomic mass is 32.2. The maximum atomic E-state index is 13.1. The number of methoxy groups -OCH3 is 1. The number of hydrogen-bond donors (Lipinski definition) is 0. The summed E-state index contributed by atoms with van der Waals surface area (Å²) in [5.74, 6) is -0.0532. The summed E-state index contributed by atoms with van der Waals surface area (Å²) in [6.45, 7) is 0.915. The summed E-state index contributed by atoms with van der Waals surface area (Å²) in [4.78, 5) is 20.1. The van der Waals surface area contributed by atoms with Gasteiger partial charge in [0.05, 0.1) is 23.7 Å². The normalized spacial score (nSPS) is 16.9. The molecule has 1 amide bonds. The largest absolute Gasteiger partial charge is 0.383 e. The summed E-state index contributed by atoms with van der Waals surface area (Å²) < 4.78 is 7.25. The summed E-state index contributed by atoms with van der Waals surface area (Å²) in [6, 6.07) is 23.7. The van der Waals surface area contributed by atoms with Crippen LogP contribution in [0, 0.1) is 0 Å². The van der Waals surface area contributed by atoms with E-state index in [2.05, 4.69) is 9.56 Å². The number of aromatic nitrogens is 1. The number of hydrogen-bond acceptors (Lipinski definition) is 4. The fraction of sp³-hybridized carbons (Fsp3) is 0.130. The number of para-hydroxylation sites is 2. The Balaban J connectivity index is 1.68. The van der Waals surface area contributed by atoms with Crippen molar-refractivity contribution in [1.82, 2.24) is 9.47 Å². The third kappa shape index (κ3) is 4.34. The average Bonchev–Trinajstić information content (AvgIpc) is 3.33. The molecule has 0 saturated carbocycles. The first-order chi connectivity index (χ1) is 14.3. The number of rotatable bonds is 6. The van der Waals surface area contributed by atoms with Gasteiger partial charge in [0.1, 0.15) is 0 Å². The van der Waals surface area contributed by atoms with Crippen molar-refractivity contribution in [3.8, 4) is 5.69 Å². The van der Waals surface area contributed by atoms with Gasteiger partial charge in [0.2, 0.25) is 0 Å². The molecule has 0 radical (unpaired) electrons. The van der Waals surface area contributed by atoms with Crippen LogP contribution in [0.4, 0.5) is 5.69 Å². The molecule has 5 nitrogen and oxygen atoms in total. The lowest BCUT2D eigenvalue weighted by atomic mass is 10.3. The molecular weight excluding hydrogens is 382 g/mol. The first-order valence-corrected chi connectivity index (χ1v) is 10.1. The third-order valence-electron chi connectivity index (χ3n) is 4.48. The van der Waals surface area contributed by atoms with Crippen LogP contribution in [0.5, 0.6) is 0 Å². The van der Waals surface area contributed by atoms with Crippen molar-refractivity contribution in [2.24, 2.45) is 4.99 Å². The molecule has 0 aliphatic carbocycles. The van der Waals surface area contributed by atoms with Gasteiger partial charge < -0.3 is 9.30 Å². The molecule has 0 unspecified atom stereocenters. The van der Waals surface area contributed by atoms with Crippen molar-refractivity contribution >= 4 is 34.6 Å². The summed E-state index contributed by atoms with van der Waals surface area (Å²) in [7, 11) is 1.63. The summed E-state index contributed by atoms with van der Waals surface area (Å²) >= 11 is 1.39. The van der Waals surface area contributed by atoms with Gasteiger partial charge in [-0.05, 0) is 54.2 Å². The molecule has 1 saturated heterocycles. The standard InChI is InChI=1S/C23H21N3O2S/c1-28-16-15-26-22(27)21(29-23(26)24-18-9-4-2-5-10-18)17-20-13-8-14-25(20)19-11-6-3-7-12-19/h2-14,17H,15-16H2,1H3/b21-17-,24-23?. The fourth-order valence-electron chi connectivity index (χ4n) is 3.05. The molecule has 0 bridgehead atoms.